The summed E-state index contributed by atoms with van der Waals surface area (Å²) in [5, 5.41) is 10.7. The molecule has 2 fully saturated rings. The highest BCUT2D eigenvalue weighted by molar-refractivity contribution is 5.86. The minimum absolute atomic E-state index is 0.0945. The first-order valence-electron chi connectivity index (χ1n) is 10.9. The molecule has 0 spiro atoms. The van der Waals surface area contributed by atoms with E-state index in [0.29, 0.717) is 26.1 Å². The van der Waals surface area contributed by atoms with E-state index in [1.165, 1.54) is 0 Å². The van der Waals surface area contributed by atoms with Crippen molar-refractivity contribution in [2.75, 3.05) is 19.7 Å². The second-order valence-corrected chi connectivity index (χ2v) is 9.14. The van der Waals surface area contributed by atoms with Crippen molar-refractivity contribution in [2.45, 2.75) is 76.9 Å². The second-order valence-electron chi connectivity index (χ2n) is 9.14. The Morgan fingerprint density at radius 3 is 2.47 bits per heavy atom. The van der Waals surface area contributed by atoms with Crippen molar-refractivity contribution in [2.24, 2.45) is 0 Å². The van der Waals surface area contributed by atoms with Gasteiger partial charge in [0.15, 0.2) is 0 Å². The zero-order chi connectivity index (χ0) is 21.7. The van der Waals surface area contributed by atoms with Crippen molar-refractivity contribution in [3.8, 4) is 0 Å². The molecule has 2 amide bonds. The number of benzene rings is 1. The van der Waals surface area contributed by atoms with Crippen LogP contribution in [-0.2, 0) is 20.9 Å². The second kappa shape index (κ2) is 9.79. The van der Waals surface area contributed by atoms with E-state index in [0.717, 1.165) is 24.8 Å². The van der Waals surface area contributed by atoms with Crippen LogP contribution in [0.5, 0.6) is 0 Å². The lowest BCUT2D eigenvalue weighted by atomic mass is 10.1. The highest BCUT2D eigenvalue weighted by Crippen LogP contribution is 2.27. The largest absolute Gasteiger partial charge is 0.444 e. The van der Waals surface area contributed by atoms with Gasteiger partial charge in [-0.1, -0.05) is 30.3 Å². The summed E-state index contributed by atoms with van der Waals surface area (Å²) in [5.74, 6) is -0.0945. The van der Waals surface area contributed by atoms with Crippen LogP contribution in [0.4, 0.5) is 4.79 Å². The summed E-state index contributed by atoms with van der Waals surface area (Å²) in [5.41, 5.74) is 0.443. The van der Waals surface area contributed by atoms with Crippen LogP contribution in [0.25, 0.3) is 0 Å². The zero-order valence-corrected chi connectivity index (χ0v) is 18.3. The third-order valence-electron chi connectivity index (χ3n) is 5.59. The van der Waals surface area contributed by atoms with E-state index >= 15 is 0 Å². The number of carbonyl (C=O) groups is 2. The van der Waals surface area contributed by atoms with Crippen LogP contribution in [0.3, 0.4) is 0 Å². The monoisotopic (exact) mass is 418 g/mol. The van der Waals surface area contributed by atoms with E-state index in [-0.39, 0.29) is 18.6 Å². The highest BCUT2D eigenvalue weighted by atomic mass is 16.6. The molecule has 1 N–H and O–H groups in total. The molecule has 3 atom stereocenters. The number of carbonyl (C=O) groups excluding carboxylic acids is 2. The first-order chi connectivity index (χ1) is 14.3. The van der Waals surface area contributed by atoms with Crippen LogP contribution in [0.2, 0.25) is 0 Å². The number of likely N-dealkylation sites (tertiary alicyclic amines) is 2. The molecule has 0 saturated carbocycles. The molecule has 7 nitrogen and oxygen atoms in total. The van der Waals surface area contributed by atoms with Gasteiger partial charge in [-0.05, 0) is 52.0 Å². The molecule has 166 valence electrons. The summed E-state index contributed by atoms with van der Waals surface area (Å²) in [6, 6.07) is 9.00. The maximum atomic E-state index is 13.3. The van der Waals surface area contributed by atoms with E-state index < -0.39 is 23.8 Å². The molecule has 2 aliphatic heterocycles. The summed E-state index contributed by atoms with van der Waals surface area (Å²) < 4.78 is 11.2. The fourth-order valence-corrected chi connectivity index (χ4v) is 4.20. The molecule has 2 aliphatic rings. The third-order valence-corrected chi connectivity index (χ3v) is 5.59. The molecule has 30 heavy (non-hydrogen) atoms. The summed E-state index contributed by atoms with van der Waals surface area (Å²) in [7, 11) is 0. The standard InChI is InChI=1S/C23H34N2O5/c1-23(2,3)30-22(28)25-14-8-12-19(25)21(27)24-13-7-11-18(24)20(26)16-29-15-17-9-5-4-6-10-17/h4-6,9-10,18-20,26H,7-8,11-16H2,1-3H3/t18?,19-,20+/m0/s1. The molecule has 7 heteroatoms. The van der Waals surface area contributed by atoms with Gasteiger partial charge in [-0.15, -0.1) is 0 Å². The van der Waals surface area contributed by atoms with Crippen LogP contribution in [0, 0.1) is 0 Å². The number of ether oxygens (including phenoxy) is 2. The van der Waals surface area contributed by atoms with Crippen molar-refractivity contribution in [1.29, 1.82) is 0 Å². The van der Waals surface area contributed by atoms with Crippen LogP contribution < -0.4 is 0 Å². The Morgan fingerprint density at radius 2 is 1.77 bits per heavy atom. The predicted molar refractivity (Wildman–Crippen MR) is 113 cm³/mol. The van der Waals surface area contributed by atoms with Crippen LogP contribution in [-0.4, -0.2) is 70.4 Å². The van der Waals surface area contributed by atoms with Crippen molar-refractivity contribution in [3.63, 3.8) is 0 Å². The molecule has 0 radical (unpaired) electrons. The Morgan fingerprint density at radius 1 is 1.10 bits per heavy atom. The molecular weight excluding hydrogens is 384 g/mol. The number of aliphatic hydroxyl groups is 1. The smallest absolute Gasteiger partial charge is 0.410 e. The molecule has 3 rings (SSSR count). The maximum absolute atomic E-state index is 13.3. The lowest BCUT2D eigenvalue weighted by molar-refractivity contribution is -0.139. The van der Waals surface area contributed by atoms with Gasteiger partial charge in [-0.3, -0.25) is 9.69 Å². The molecule has 0 bridgehead atoms. The van der Waals surface area contributed by atoms with E-state index in [1.807, 2.05) is 51.1 Å². The minimum Gasteiger partial charge on any atom is -0.444 e. The number of hydrogen-bond donors (Lipinski definition) is 1. The first-order valence-corrected chi connectivity index (χ1v) is 10.9. The summed E-state index contributed by atoms with van der Waals surface area (Å²) >= 11 is 0. The van der Waals surface area contributed by atoms with Crippen LogP contribution in [0.1, 0.15) is 52.0 Å². The zero-order valence-electron chi connectivity index (χ0n) is 18.3. The molecule has 1 unspecified atom stereocenters. The van der Waals surface area contributed by atoms with Gasteiger partial charge >= 0.3 is 6.09 Å². The van der Waals surface area contributed by atoms with Gasteiger partial charge in [0.25, 0.3) is 0 Å². The maximum Gasteiger partial charge on any atom is 0.410 e. The molecule has 0 aromatic heterocycles. The van der Waals surface area contributed by atoms with Crippen molar-refractivity contribution in [1.82, 2.24) is 9.80 Å². The molecule has 1 aromatic rings. The van der Waals surface area contributed by atoms with Gasteiger partial charge in [0, 0.05) is 13.1 Å². The Bertz CT molecular complexity index is 718. The summed E-state index contributed by atoms with van der Waals surface area (Å²) in [4.78, 5) is 29.1. The molecule has 2 saturated heterocycles. The molecular formula is C23H34N2O5. The van der Waals surface area contributed by atoms with E-state index in [4.69, 9.17) is 9.47 Å². The fourth-order valence-electron chi connectivity index (χ4n) is 4.20. The molecule has 2 heterocycles. The lowest BCUT2D eigenvalue weighted by Gasteiger charge is -2.34. The number of rotatable bonds is 6. The van der Waals surface area contributed by atoms with Crippen molar-refractivity contribution >= 4 is 12.0 Å². The van der Waals surface area contributed by atoms with Crippen LogP contribution >= 0.6 is 0 Å². The van der Waals surface area contributed by atoms with Gasteiger partial charge < -0.3 is 19.5 Å². The van der Waals surface area contributed by atoms with E-state index in [2.05, 4.69) is 0 Å². The van der Waals surface area contributed by atoms with E-state index in [1.54, 1.807) is 9.80 Å². The SMILES string of the molecule is CC(C)(C)OC(=O)N1CCC[C@H]1C(=O)N1CCCC1[C@H](O)COCc1ccccc1. The number of nitrogens with zero attached hydrogens (tertiary/aromatic N) is 2. The number of amides is 2. The predicted octanol–water partition coefficient (Wildman–Crippen LogP) is 2.95. The average molecular weight is 419 g/mol. The Balaban J connectivity index is 1.57. The topological polar surface area (TPSA) is 79.3 Å². The Hall–Kier alpha value is -2.12. The van der Waals surface area contributed by atoms with Gasteiger partial charge in [-0.2, -0.15) is 0 Å². The summed E-state index contributed by atoms with van der Waals surface area (Å²) in [6.07, 6.45) is 1.78. The van der Waals surface area contributed by atoms with Crippen molar-refractivity contribution < 1.29 is 24.2 Å². The first kappa shape index (κ1) is 22.6. The van der Waals surface area contributed by atoms with Crippen molar-refractivity contribution in [3.05, 3.63) is 35.9 Å². The fraction of sp³-hybridized carbons (Fsp3) is 0.652. The third kappa shape index (κ3) is 5.73. The van der Waals surface area contributed by atoms with Gasteiger partial charge in [0.2, 0.25) is 5.91 Å². The van der Waals surface area contributed by atoms with Gasteiger partial charge in [0.05, 0.1) is 25.4 Å². The van der Waals surface area contributed by atoms with E-state index in [9.17, 15) is 14.7 Å². The lowest BCUT2D eigenvalue weighted by Crippen LogP contribution is -2.53. The van der Waals surface area contributed by atoms with Crippen LogP contribution in [0.15, 0.2) is 30.3 Å². The average Bonchev–Trinajstić information content (AvgIpc) is 3.36. The minimum atomic E-state index is -0.753. The molecule has 0 aliphatic carbocycles. The summed E-state index contributed by atoms with van der Waals surface area (Å²) in [6.45, 7) is 7.17. The highest BCUT2D eigenvalue weighted by Gasteiger charge is 2.43. The normalized spacial score (nSPS) is 22.9. The Kier molecular flexibility index (Phi) is 7.36. The Labute approximate surface area is 178 Å². The number of aliphatic hydroxyl groups excluding tert-OH is 1. The van der Waals surface area contributed by atoms with Gasteiger partial charge in [-0.25, -0.2) is 4.79 Å². The quantitative estimate of drug-likeness (QED) is 0.768. The number of hydrogen-bond acceptors (Lipinski definition) is 5. The molecule has 1 aromatic carbocycles. The van der Waals surface area contributed by atoms with Gasteiger partial charge in [0.1, 0.15) is 11.6 Å².